The van der Waals surface area contributed by atoms with Gasteiger partial charge >= 0.3 is 0 Å². The Morgan fingerprint density at radius 2 is 1.84 bits per heavy atom. The first-order valence-corrected chi connectivity index (χ1v) is 14.6. The van der Waals surface area contributed by atoms with Gasteiger partial charge in [-0.1, -0.05) is 42.5 Å². The van der Waals surface area contributed by atoms with Crippen molar-refractivity contribution in [3.63, 3.8) is 0 Å². The first kappa shape index (κ1) is 31.2. The first-order valence-electron chi connectivity index (χ1n) is 14.6. The minimum Gasteiger partial charge on any atom is -0.497 e. The smallest absolute Gasteiger partial charge is 0.278 e. The number of piperidine rings is 1. The summed E-state index contributed by atoms with van der Waals surface area (Å²) in [6.07, 6.45) is 3.13. The van der Waals surface area contributed by atoms with Gasteiger partial charge in [-0.2, -0.15) is 0 Å². The van der Waals surface area contributed by atoms with Crippen LogP contribution >= 0.6 is 12.4 Å². The Hall–Kier alpha value is -4.19. The van der Waals surface area contributed by atoms with Gasteiger partial charge in [0.25, 0.3) is 11.5 Å². The number of benzene rings is 2. The van der Waals surface area contributed by atoms with Crippen molar-refractivity contribution >= 4 is 40.9 Å². The van der Waals surface area contributed by atoms with Crippen LogP contribution in [0.15, 0.2) is 65.7 Å². The fraction of sp³-hybridized carbons (Fsp3) is 0.375. The van der Waals surface area contributed by atoms with E-state index in [9.17, 15) is 14.4 Å². The summed E-state index contributed by atoms with van der Waals surface area (Å²) in [4.78, 5) is 50.4. The SMILES string of the molecule is COc1cccc(C(=O)Cn2cnc3c(C(=O)N4CCOCC4)c(N4CCC[C@H](N)C4)n(Cc4ccccc4)c3c2=O)c1.Cl. The molecular weight excluding hydrogens is 584 g/mol. The topological polar surface area (TPSA) is 125 Å². The number of morpholine rings is 1. The molecular formula is C32H37ClN6O5. The molecule has 2 aromatic carbocycles. The van der Waals surface area contributed by atoms with E-state index in [4.69, 9.17) is 20.2 Å². The van der Waals surface area contributed by atoms with Crippen molar-refractivity contribution in [2.24, 2.45) is 5.73 Å². The minimum absolute atomic E-state index is 0. The second-order valence-corrected chi connectivity index (χ2v) is 11.1. The maximum atomic E-state index is 14.3. The van der Waals surface area contributed by atoms with E-state index >= 15 is 0 Å². The molecule has 0 bridgehead atoms. The molecule has 44 heavy (non-hydrogen) atoms. The maximum absolute atomic E-state index is 14.3. The van der Waals surface area contributed by atoms with Crippen molar-refractivity contribution in [3.05, 3.63) is 88.0 Å². The lowest BCUT2D eigenvalue weighted by atomic mass is 10.1. The number of anilines is 1. The van der Waals surface area contributed by atoms with E-state index in [1.165, 1.54) is 18.0 Å². The molecule has 232 valence electrons. The zero-order valence-electron chi connectivity index (χ0n) is 24.7. The van der Waals surface area contributed by atoms with Gasteiger partial charge in [0.2, 0.25) is 0 Å². The van der Waals surface area contributed by atoms with Crippen molar-refractivity contribution in [2.75, 3.05) is 51.4 Å². The highest BCUT2D eigenvalue weighted by atomic mass is 35.5. The van der Waals surface area contributed by atoms with Crippen LogP contribution in [0.25, 0.3) is 11.0 Å². The van der Waals surface area contributed by atoms with Gasteiger partial charge in [0.15, 0.2) is 5.78 Å². The second kappa shape index (κ2) is 13.6. The molecule has 0 spiro atoms. The maximum Gasteiger partial charge on any atom is 0.278 e. The highest BCUT2D eigenvalue weighted by Gasteiger charge is 2.34. The normalized spacial score (nSPS) is 16.9. The van der Waals surface area contributed by atoms with E-state index < -0.39 is 0 Å². The number of rotatable bonds is 8. The van der Waals surface area contributed by atoms with Gasteiger partial charge in [-0.3, -0.25) is 19.0 Å². The van der Waals surface area contributed by atoms with Crippen molar-refractivity contribution in [1.82, 2.24) is 19.0 Å². The van der Waals surface area contributed by atoms with Crippen LogP contribution in [0.5, 0.6) is 5.75 Å². The van der Waals surface area contributed by atoms with Crippen LogP contribution in [0.2, 0.25) is 0 Å². The molecule has 0 unspecified atom stereocenters. The summed E-state index contributed by atoms with van der Waals surface area (Å²) < 4.78 is 14.0. The lowest BCUT2D eigenvalue weighted by molar-refractivity contribution is 0.0304. The van der Waals surface area contributed by atoms with Crippen molar-refractivity contribution in [1.29, 1.82) is 0 Å². The average Bonchev–Trinajstić information content (AvgIpc) is 3.37. The average molecular weight is 621 g/mol. The second-order valence-electron chi connectivity index (χ2n) is 11.1. The fourth-order valence-electron chi connectivity index (χ4n) is 5.98. The van der Waals surface area contributed by atoms with Gasteiger partial charge in [-0.15, -0.1) is 12.4 Å². The fourth-order valence-corrected chi connectivity index (χ4v) is 5.98. The number of fused-ring (bicyclic) bond motifs is 1. The Kier molecular flexibility index (Phi) is 9.68. The first-order chi connectivity index (χ1) is 20.9. The van der Waals surface area contributed by atoms with Crippen molar-refractivity contribution in [3.8, 4) is 5.75 Å². The highest BCUT2D eigenvalue weighted by Crippen LogP contribution is 2.34. The molecule has 6 rings (SSSR count). The Bertz CT molecular complexity index is 1700. The van der Waals surface area contributed by atoms with E-state index in [0.29, 0.717) is 74.1 Å². The summed E-state index contributed by atoms with van der Waals surface area (Å²) in [6.45, 7) is 3.20. The molecule has 12 heteroatoms. The number of Topliss-reactive ketones (excluding diaryl/α,β-unsaturated/α-hetero) is 1. The number of ether oxygens (including phenoxy) is 2. The molecule has 2 saturated heterocycles. The number of carbonyl (C=O) groups is 2. The molecule has 11 nitrogen and oxygen atoms in total. The van der Waals surface area contributed by atoms with Crippen LogP contribution in [0.3, 0.4) is 0 Å². The standard InChI is InChI=1S/C32H36N6O5.ClH/c1-42-25-11-5-9-23(17-25)26(39)20-37-21-34-28-27(31(40)35-13-15-43-16-14-35)30(36-12-6-10-24(33)19-36)38(29(28)32(37)41)18-22-7-3-2-4-8-22;/h2-5,7-9,11,17,21,24H,6,10,12-16,18-20,33H2,1H3;1H/t24-;/m0./s1. The van der Waals surface area contributed by atoms with E-state index in [1.807, 2.05) is 34.9 Å². The molecule has 2 aromatic heterocycles. The molecule has 2 aliphatic heterocycles. The van der Waals surface area contributed by atoms with Crippen LogP contribution in [-0.2, 0) is 17.8 Å². The number of nitrogens with two attached hydrogens (primary N) is 1. The molecule has 4 heterocycles. The molecule has 1 atom stereocenters. The number of methoxy groups -OCH3 is 1. The van der Waals surface area contributed by atoms with E-state index in [2.05, 4.69) is 4.90 Å². The quantitative estimate of drug-likeness (QED) is 0.298. The van der Waals surface area contributed by atoms with E-state index in [-0.39, 0.29) is 47.8 Å². The predicted molar refractivity (Wildman–Crippen MR) is 170 cm³/mol. The molecule has 0 aliphatic carbocycles. The molecule has 0 radical (unpaired) electrons. The zero-order chi connectivity index (χ0) is 29.9. The summed E-state index contributed by atoms with van der Waals surface area (Å²) in [5, 5.41) is 0. The third kappa shape index (κ3) is 6.21. The summed E-state index contributed by atoms with van der Waals surface area (Å²) in [5.74, 6) is 0.757. The highest BCUT2D eigenvalue weighted by molar-refractivity contribution is 6.11. The number of amides is 1. The van der Waals surface area contributed by atoms with Gasteiger partial charge in [0.1, 0.15) is 28.2 Å². The van der Waals surface area contributed by atoms with Crippen LogP contribution in [0.1, 0.15) is 39.1 Å². The Morgan fingerprint density at radius 3 is 2.57 bits per heavy atom. The number of hydrogen-bond donors (Lipinski definition) is 1. The number of hydrogen-bond acceptors (Lipinski definition) is 8. The monoisotopic (exact) mass is 620 g/mol. The zero-order valence-corrected chi connectivity index (χ0v) is 25.5. The molecule has 2 aliphatic rings. The van der Waals surface area contributed by atoms with E-state index in [0.717, 1.165) is 18.4 Å². The van der Waals surface area contributed by atoms with Gasteiger partial charge in [0.05, 0.1) is 33.2 Å². The number of aromatic nitrogens is 3. The van der Waals surface area contributed by atoms with Gasteiger partial charge in [-0.25, -0.2) is 4.98 Å². The molecule has 2 fully saturated rings. The Labute approximate surface area is 261 Å². The molecule has 1 amide bonds. The van der Waals surface area contributed by atoms with Crippen molar-refractivity contribution < 1.29 is 19.1 Å². The van der Waals surface area contributed by atoms with E-state index in [1.54, 1.807) is 29.2 Å². The Morgan fingerprint density at radius 1 is 1.07 bits per heavy atom. The van der Waals surface area contributed by atoms with Gasteiger partial charge in [-0.05, 0) is 30.5 Å². The van der Waals surface area contributed by atoms with Crippen LogP contribution in [0, 0.1) is 0 Å². The minimum atomic E-state index is -0.388. The largest absolute Gasteiger partial charge is 0.497 e. The molecule has 0 saturated carbocycles. The number of carbonyl (C=O) groups excluding carboxylic acids is 2. The van der Waals surface area contributed by atoms with Crippen LogP contribution in [0.4, 0.5) is 5.82 Å². The predicted octanol–water partition coefficient (Wildman–Crippen LogP) is 2.96. The number of nitrogens with zero attached hydrogens (tertiary/aromatic N) is 5. The Balaban J connectivity index is 0.00000384. The van der Waals surface area contributed by atoms with Gasteiger partial charge in [0, 0.05) is 44.3 Å². The third-order valence-electron chi connectivity index (χ3n) is 8.16. The summed E-state index contributed by atoms with van der Waals surface area (Å²) in [5.41, 5.74) is 8.44. The lowest BCUT2D eigenvalue weighted by Crippen LogP contribution is -2.45. The molecule has 2 N–H and O–H groups in total. The van der Waals surface area contributed by atoms with Crippen molar-refractivity contribution in [2.45, 2.75) is 32.0 Å². The summed E-state index contributed by atoms with van der Waals surface area (Å²) >= 11 is 0. The summed E-state index contributed by atoms with van der Waals surface area (Å²) in [6, 6.07) is 16.6. The molecule has 4 aromatic rings. The summed E-state index contributed by atoms with van der Waals surface area (Å²) in [7, 11) is 1.54. The third-order valence-corrected chi connectivity index (χ3v) is 8.16. The van der Waals surface area contributed by atoms with Crippen LogP contribution < -0.4 is 20.9 Å². The number of ketones is 1. The number of halogens is 1. The lowest BCUT2D eigenvalue weighted by Gasteiger charge is -2.35. The van der Waals surface area contributed by atoms with Gasteiger partial charge < -0.3 is 29.6 Å². The van der Waals surface area contributed by atoms with Crippen LogP contribution in [-0.4, -0.2) is 83.3 Å².